The molecule has 102 valence electrons. The van der Waals surface area contributed by atoms with Gasteiger partial charge in [-0.05, 0) is 37.0 Å². The zero-order chi connectivity index (χ0) is 13.9. The zero-order valence-electron chi connectivity index (χ0n) is 11.6. The van der Waals surface area contributed by atoms with Gasteiger partial charge in [-0.2, -0.15) is 0 Å². The van der Waals surface area contributed by atoms with Gasteiger partial charge >= 0.3 is 0 Å². The molecule has 2 heterocycles. The van der Waals surface area contributed by atoms with Crippen LogP contribution in [0.5, 0.6) is 0 Å². The number of nitrogens with one attached hydrogen (secondary N) is 1. The van der Waals surface area contributed by atoms with Gasteiger partial charge in [-0.1, -0.05) is 18.2 Å². The second-order valence-electron chi connectivity index (χ2n) is 5.02. The molecule has 3 rings (SSSR count). The number of H-pyrrole nitrogens is 1. The summed E-state index contributed by atoms with van der Waals surface area (Å²) in [5.41, 5.74) is 7.10. The Morgan fingerprint density at radius 2 is 2.10 bits per heavy atom. The van der Waals surface area contributed by atoms with E-state index in [4.69, 9.17) is 0 Å². The van der Waals surface area contributed by atoms with Crippen molar-refractivity contribution < 1.29 is 0 Å². The first kappa shape index (κ1) is 13.1. The lowest BCUT2D eigenvalue weighted by Crippen LogP contribution is -2.07. The third-order valence-corrected chi connectivity index (χ3v) is 4.61. The van der Waals surface area contributed by atoms with Crippen molar-refractivity contribution in [2.45, 2.75) is 26.2 Å². The number of aryl methyl sites for hydroxylation is 1. The molecule has 20 heavy (non-hydrogen) atoms. The molecule has 0 aliphatic heterocycles. The summed E-state index contributed by atoms with van der Waals surface area (Å²) in [6.07, 6.45) is 6.59. The second kappa shape index (κ2) is 5.59. The first-order valence-corrected chi connectivity index (χ1v) is 7.55. The molecule has 4 heteroatoms. The molecule has 1 N–H and O–H groups in total. The smallest absolute Gasteiger partial charge is 0.0921 e. The van der Waals surface area contributed by atoms with Crippen LogP contribution >= 0.6 is 11.3 Å². The lowest BCUT2D eigenvalue weighted by Gasteiger charge is -2.18. The predicted octanol–water partition coefficient (Wildman–Crippen LogP) is 3.86. The number of imidazole rings is 1. The van der Waals surface area contributed by atoms with Crippen LogP contribution in [0.4, 0.5) is 0 Å². The minimum absolute atomic E-state index is 0.304. The fourth-order valence-corrected chi connectivity index (χ4v) is 3.18. The highest BCUT2D eigenvalue weighted by molar-refractivity contribution is 7.09. The van der Waals surface area contributed by atoms with Crippen LogP contribution in [0.15, 0.2) is 42.4 Å². The summed E-state index contributed by atoms with van der Waals surface area (Å²) < 4.78 is 0. The Labute approximate surface area is 122 Å². The lowest BCUT2D eigenvalue weighted by atomic mass is 9.87. The summed E-state index contributed by atoms with van der Waals surface area (Å²) in [5.74, 6) is 0.304. The molecule has 0 spiro atoms. The Bertz CT molecular complexity index is 672. The van der Waals surface area contributed by atoms with Crippen molar-refractivity contribution in [2.75, 3.05) is 0 Å². The van der Waals surface area contributed by atoms with Gasteiger partial charge in [0.1, 0.15) is 0 Å². The van der Waals surface area contributed by atoms with Gasteiger partial charge in [-0.3, -0.25) is 4.98 Å². The van der Waals surface area contributed by atoms with Crippen molar-refractivity contribution >= 4 is 11.3 Å². The van der Waals surface area contributed by atoms with E-state index in [-0.39, 0.29) is 0 Å². The highest BCUT2D eigenvalue weighted by atomic mass is 32.1. The van der Waals surface area contributed by atoms with Crippen LogP contribution in [-0.4, -0.2) is 15.0 Å². The first-order valence-electron chi connectivity index (χ1n) is 6.67. The monoisotopic (exact) mass is 283 g/mol. The molecule has 0 aliphatic carbocycles. The predicted molar refractivity (Wildman–Crippen MR) is 82.2 cm³/mol. The maximum atomic E-state index is 4.18. The Balaban J connectivity index is 2.03. The molecule has 0 aliphatic rings. The molecule has 0 fully saturated rings. The number of hydrogen-bond donors (Lipinski definition) is 1. The van der Waals surface area contributed by atoms with Gasteiger partial charge in [-0.15, -0.1) is 11.3 Å². The van der Waals surface area contributed by atoms with Crippen LogP contribution in [0.2, 0.25) is 0 Å². The molecule has 0 bridgehead atoms. The van der Waals surface area contributed by atoms with Crippen molar-refractivity contribution in [3.05, 3.63) is 69.7 Å². The van der Waals surface area contributed by atoms with Crippen molar-refractivity contribution in [1.82, 2.24) is 15.0 Å². The average molecular weight is 283 g/mol. The summed E-state index contributed by atoms with van der Waals surface area (Å²) >= 11 is 1.71. The number of hydrogen-bond acceptors (Lipinski definition) is 3. The van der Waals surface area contributed by atoms with E-state index >= 15 is 0 Å². The normalized spacial score (nSPS) is 12.5. The number of thiazole rings is 1. The average Bonchev–Trinajstić information content (AvgIpc) is 3.11. The van der Waals surface area contributed by atoms with E-state index in [1.165, 1.54) is 21.6 Å². The van der Waals surface area contributed by atoms with E-state index in [0.717, 1.165) is 12.1 Å². The van der Waals surface area contributed by atoms with Crippen molar-refractivity contribution in [2.24, 2.45) is 0 Å². The summed E-state index contributed by atoms with van der Waals surface area (Å²) in [6, 6.07) is 6.51. The third-order valence-electron chi connectivity index (χ3n) is 3.81. The van der Waals surface area contributed by atoms with E-state index in [1.807, 2.05) is 17.9 Å². The quantitative estimate of drug-likeness (QED) is 0.790. The molecule has 0 radical (unpaired) electrons. The van der Waals surface area contributed by atoms with Gasteiger partial charge in [0.2, 0.25) is 0 Å². The van der Waals surface area contributed by atoms with E-state index in [0.29, 0.717) is 5.92 Å². The molecule has 1 unspecified atom stereocenters. The van der Waals surface area contributed by atoms with Crippen molar-refractivity contribution in [3.8, 4) is 0 Å². The molecule has 0 amide bonds. The highest BCUT2D eigenvalue weighted by Crippen LogP contribution is 2.31. The fraction of sp³-hybridized carbons (Fsp3) is 0.250. The van der Waals surface area contributed by atoms with Gasteiger partial charge in [0.25, 0.3) is 0 Å². The first-order chi connectivity index (χ1) is 9.75. The minimum Gasteiger partial charge on any atom is -0.348 e. The van der Waals surface area contributed by atoms with E-state index in [2.05, 4.69) is 47.0 Å². The molecule has 3 aromatic rings. The Morgan fingerprint density at radius 3 is 2.80 bits per heavy atom. The standard InChI is InChI=1S/C16H17N3S/c1-11-4-3-5-14(12(11)2)15(16-8-17-9-19-16)6-13-7-18-10-20-13/h3-5,7-10,15H,6H2,1-2H3,(H,17,19). The molecule has 0 saturated heterocycles. The zero-order valence-corrected chi connectivity index (χ0v) is 12.4. The summed E-state index contributed by atoms with van der Waals surface area (Å²) in [5, 5.41) is 0. The molecule has 3 nitrogen and oxygen atoms in total. The van der Waals surface area contributed by atoms with E-state index in [9.17, 15) is 0 Å². The lowest BCUT2D eigenvalue weighted by molar-refractivity contribution is 0.780. The third kappa shape index (κ3) is 2.51. The summed E-state index contributed by atoms with van der Waals surface area (Å²) in [7, 11) is 0. The van der Waals surface area contributed by atoms with Crippen LogP contribution in [0.1, 0.15) is 33.2 Å². The number of rotatable bonds is 4. The number of aromatic amines is 1. The molecule has 1 atom stereocenters. The second-order valence-corrected chi connectivity index (χ2v) is 5.99. The number of benzene rings is 1. The molecule has 0 saturated carbocycles. The van der Waals surface area contributed by atoms with E-state index < -0.39 is 0 Å². The summed E-state index contributed by atoms with van der Waals surface area (Å²) in [4.78, 5) is 12.9. The van der Waals surface area contributed by atoms with Gasteiger partial charge < -0.3 is 4.98 Å². The Kier molecular flexibility index (Phi) is 3.65. The molecular formula is C16H17N3S. The summed E-state index contributed by atoms with van der Waals surface area (Å²) in [6.45, 7) is 4.36. The fourth-order valence-electron chi connectivity index (χ4n) is 2.54. The van der Waals surface area contributed by atoms with Crippen LogP contribution in [0, 0.1) is 13.8 Å². The molecular weight excluding hydrogens is 266 g/mol. The number of nitrogens with zero attached hydrogens (tertiary/aromatic N) is 2. The van der Waals surface area contributed by atoms with Gasteiger partial charge in [0, 0.05) is 28.9 Å². The van der Waals surface area contributed by atoms with Crippen LogP contribution in [-0.2, 0) is 6.42 Å². The number of aromatic nitrogens is 3. The Morgan fingerprint density at radius 1 is 1.20 bits per heavy atom. The largest absolute Gasteiger partial charge is 0.348 e. The van der Waals surface area contributed by atoms with Crippen molar-refractivity contribution in [3.63, 3.8) is 0 Å². The van der Waals surface area contributed by atoms with Crippen LogP contribution in [0.25, 0.3) is 0 Å². The van der Waals surface area contributed by atoms with Crippen molar-refractivity contribution in [1.29, 1.82) is 0 Å². The minimum atomic E-state index is 0.304. The topological polar surface area (TPSA) is 41.6 Å². The van der Waals surface area contributed by atoms with E-state index in [1.54, 1.807) is 17.7 Å². The van der Waals surface area contributed by atoms with Crippen LogP contribution in [0.3, 0.4) is 0 Å². The van der Waals surface area contributed by atoms with Gasteiger partial charge in [-0.25, -0.2) is 4.98 Å². The molecule has 2 aromatic heterocycles. The molecule has 1 aromatic carbocycles. The maximum absolute atomic E-state index is 4.18. The maximum Gasteiger partial charge on any atom is 0.0921 e. The Hall–Kier alpha value is -1.94. The SMILES string of the molecule is Cc1cccc(C(Cc2cncs2)c2cnc[nH]2)c1C. The van der Waals surface area contributed by atoms with Crippen LogP contribution < -0.4 is 0 Å². The van der Waals surface area contributed by atoms with Gasteiger partial charge in [0.15, 0.2) is 0 Å². The van der Waals surface area contributed by atoms with Gasteiger partial charge in [0.05, 0.1) is 11.8 Å². The highest BCUT2D eigenvalue weighted by Gasteiger charge is 2.19.